The lowest BCUT2D eigenvalue weighted by molar-refractivity contribution is 0.157. The van der Waals surface area contributed by atoms with Gasteiger partial charge in [-0.1, -0.05) is 23.2 Å². The summed E-state index contributed by atoms with van der Waals surface area (Å²) >= 11 is 12.0. The van der Waals surface area contributed by atoms with Crippen molar-refractivity contribution in [1.82, 2.24) is 9.55 Å². The van der Waals surface area contributed by atoms with E-state index in [1.807, 2.05) is 19.9 Å². The van der Waals surface area contributed by atoms with E-state index in [4.69, 9.17) is 27.9 Å². The highest BCUT2D eigenvalue weighted by molar-refractivity contribution is 6.34. The second kappa shape index (κ2) is 4.90. The Kier molecular flexibility index (Phi) is 3.30. The number of halogens is 2. The zero-order chi connectivity index (χ0) is 15.2. The molecule has 0 N–H and O–H groups in total. The summed E-state index contributed by atoms with van der Waals surface area (Å²) in [5.74, 6) is 0.662. The first kappa shape index (κ1) is 14.2. The molecule has 4 nitrogen and oxygen atoms in total. The topological polar surface area (TPSA) is 44.1 Å². The van der Waals surface area contributed by atoms with Crippen molar-refractivity contribution in [3.8, 4) is 5.75 Å². The Balaban J connectivity index is 2.30. The first-order valence-corrected chi connectivity index (χ1v) is 7.07. The van der Waals surface area contributed by atoms with Crippen LogP contribution in [0.1, 0.15) is 19.4 Å². The summed E-state index contributed by atoms with van der Waals surface area (Å²) in [5, 5.41) is 0.452. The predicted molar refractivity (Wildman–Crippen MR) is 83.0 cm³/mol. The molecule has 0 spiro atoms. The minimum Gasteiger partial charge on any atom is -0.483 e. The summed E-state index contributed by atoms with van der Waals surface area (Å²) in [7, 11) is 0. The largest absolute Gasteiger partial charge is 0.483 e. The maximum Gasteiger partial charge on any atom is 0.273 e. The Hall–Kier alpha value is -1.78. The van der Waals surface area contributed by atoms with E-state index in [1.54, 1.807) is 24.7 Å². The van der Waals surface area contributed by atoms with Crippen LogP contribution in [0, 0.1) is 0 Å². The molecule has 0 radical (unpaired) electrons. The Labute approximate surface area is 131 Å². The Bertz CT molecular complexity index is 810. The Morgan fingerprint density at radius 1 is 1.33 bits per heavy atom. The zero-order valence-corrected chi connectivity index (χ0v) is 12.9. The van der Waals surface area contributed by atoms with E-state index in [-0.39, 0.29) is 10.6 Å². The summed E-state index contributed by atoms with van der Waals surface area (Å²) < 4.78 is 7.30. The van der Waals surface area contributed by atoms with Gasteiger partial charge in [0.1, 0.15) is 16.4 Å². The van der Waals surface area contributed by atoms with Gasteiger partial charge in [0.2, 0.25) is 0 Å². The third kappa shape index (κ3) is 2.57. The number of rotatable bonds is 1. The Morgan fingerprint density at radius 3 is 2.86 bits per heavy atom. The third-order valence-corrected chi connectivity index (χ3v) is 3.59. The number of ether oxygens (including phenoxy) is 1. The highest BCUT2D eigenvalue weighted by Gasteiger charge is 2.28. The quantitative estimate of drug-likeness (QED) is 0.805. The number of hydrogen-bond donors (Lipinski definition) is 0. The highest BCUT2D eigenvalue weighted by Crippen LogP contribution is 2.35. The molecule has 21 heavy (non-hydrogen) atoms. The van der Waals surface area contributed by atoms with E-state index in [1.165, 1.54) is 10.6 Å². The second-order valence-corrected chi connectivity index (χ2v) is 6.13. The molecule has 0 unspecified atom stereocenters. The van der Waals surface area contributed by atoms with Crippen LogP contribution >= 0.6 is 23.2 Å². The van der Waals surface area contributed by atoms with Gasteiger partial charge in [-0.15, -0.1) is 0 Å². The van der Waals surface area contributed by atoms with E-state index in [0.717, 1.165) is 5.56 Å². The number of pyridine rings is 2. The van der Waals surface area contributed by atoms with Crippen LogP contribution in [-0.4, -0.2) is 15.2 Å². The van der Waals surface area contributed by atoms with Gasteiger partial charge < -0.3 is 4.74 Å². The fourth-order valence-electron chi connectivity index (χ4n) is 2.28. The number of nitrogens with zero attached hydrogens (tertiary/aromatic N) is 2. The van der Waals surface area contributed by atoms with Gasteiger partial charge in [0.25, 0.3) is 5.56 Å². The molecule has 0 atom stereocenters. The molecule has 108 valence electrons. The maximum atomic E-state index is 12.3. The van der Waals surface area contributed by atoms with E-state index < -0.39 is 5.60 Å². The summed E-state index contributed by atoms with van der Waals surface area (Å²) in [4.78, 5) is 16.4. The lowest BCUT2D eigenvalue weighted by atomic mass is 10.0. The molecule has 1 aliphatic rings. The molecule has 1 aliphatic heterocycles. The van der Waals surface area contributed by atoms with Crippen LogP contribution in [-0.2, 0) is 0 Å². The lowest BCUT2D eigenvalue weighted by Gasteiger charge is -2.31. The average Bonchev–Trinajstić information content (AvgIpc) is 2.41. The van der Waals surface area contributed by atoms with Crippen molar-refractivity contribution in [2.45, 2.75) is 19.4 Å². The van der Waals surface area contributed by atoms with Crippen LogP contribution < -0.4 is 10.3 Å². The normalized spacial score (nSPS) is 15.9. The molecular formula is C15H12Cl2N2O2. The van der Waals surface area contributed by atoms with Crippen LogP contribution in [0.15, 0.2) is 41.6 Å². The molecule has 0 amide bonds. The molecule has 2 aromatic heterocycles. The van der Waals surface area contributed by atoms with Gasteiger partial charge in [-0.2, -0.15) is 0 Å². The molecule has 0 saturated heterocycles. The molecule has 0 aliphatic carbocycles. The minimum atomic E-state index is -0.558. The molecule has 0 aromatic carbocycles. The second-order valence-electron chi connectivity index (χ2n) is 5.29. The zero-order valence-electron chi connectivity index (χ0n) is 11.4. The number of aromatic nitrogens is 2. The van der Waals surface area contributed by atoms with Gasteiger partial charge in [0.15, 0.2) is 0 Å². The molecule has 3 rings (SSSR count). The smallest absolute Gasteiger partial charge is 0.273 e. The van der Waals surface area contributed by atoms with Crippen molar-refractivity contribution in [2.75, 3.05) is 0 Å². The van der Waals surface area contributed by atoms with Crippen LogP contribution in [0.2, 0.25) is 10.0 Å². The first-order chi connectivity index (χ1) is 9.87. The van der Waals surface area contributed by atoms with Crippen molar-refractivity contribution >= 4 is 28.9 Å². The van der Waals surface area contributed by atoms with E-state index >= 15 is 0 Å². The molecular weight excluding hydrogens is 311 g/mol. The van der Waals surface area contributed by atoms with Crippen LogP contribution in [0.5, 0.6) is 5.75 Å². The van der Waals surface area contributed by atoms with Crippen LogP contribution in [0.25, 0.3) is 5.70 Å². The summed E-state index contributed by atoms with van der Waals surface area (Å²) in [6.45, 7) is 3.82. The highest BCUT2D eigenvalue weighted by atomic mass is 35.5. The maximum absolute atomic E-state index is 12.3. The van der Waals surface area contributed by atoms with Gasteiger partial charge in [-0.3, -0.25) is 14.3 Å². The molecule has 0 bridgehead atoms. The first-order valence-electron chi connectivity index (χ1n) is 6.32. The van der Waals surface area contributed by atoms with E-state index in [9.17, 15) is 4.79 Å². The minimum absolute atomic E-state index is 0.0677. The van der Waals surface area contributed by atoms with Crippen molar-refractivity contribution in [3.05, 3.63) is 62.8 Å². The molecule has 0 saturated carbocycles. The standard InChI is InChI=1S/C15H12Cl2N2O2/c1-15(2)6-12(10-7-18-4-3-13(10)21-15)19-8-9(16)5-11(17)14(19)20/h3-8H,1-2H3. The molecule has 2 aromatic rings. The lowest BCUT2D eigenvalue weighted by Crippen LogP contribution is -2.32. The molecule has 3 heterocycles. The SMILES string of the molecule is CC1(C)C=C(n2cc(Cl)cc(Cl)c2=O)c2cnccc2O1. The monoisotopic (exact) mass is 322 g/mol. The van der Waals surface area contributed by atoms with E-state index in [2.05, 4.69) is 4.98 Å². The van der Waals surface area contributed by atoms with E-state index in [0.29, 0.717) is 16.5 Å². The van der Waals surface area contributed by atoms with Gasteiger partial charge in [-0.25, -0.2) is 0 Å². The van der Waals surface area contributed by atoms with Gasteiger partial charge >= 0.3 is 0 Å². The Morgan fingerprint density at radius 2 is 2.10 bits per heavy atom. The molecule has 0 fully saturated rings. The summed E-state index contributed by atoms with van der Waals surface area (Å²) in [6, 6.07) is 3.19. The van der Waals surface area contributed by atoms with Crippen LogP contribution in [0.4, 0.5) is 0 Å². The van der Waals surface area contributed by atoms with Gasteiger partial charge in [0, 0.05) is 18.6 Å². The predicted octanol–water partition coefficient (Wildman–Crippen LogP) is 3.61. The number of fused-ring (bicyclic) bond motifs is 1. The van der Waals surface area contributed by atoms with Crippen molar-refractivity contribution in [2.24, 2.45) is 0 Å². The van der Waals surface area contributed by atoms with Crippen molar-refractivity contribution in [3.63, 3.8) is 0 Å². The van der Waals surface area contributed by atoms with Crippen LogP contribution in [0.3, 0.4) is 0 Å². The van der Waals surface area contributed by atoms with Gasteiger partial charge in [0.05, 0.1) is 16.3 Å². The fraction of sp³-hybridized carbons (Fsp3) is 0.200. The fourth-order valence-corrected chi connectivity index (χ4v) is 2.75. The summed E-state index contributed by atoms with van der Waals surface area (Å²) in [6.07, 6.45) is 6.69. The average molecular weight is 323 g/mol. The summed E-state index contributed by atoms with van der Waals surface area (Å²) in [5.41, 5.74) is 0.485. The van der Waals surface area contributed by atoms with Crippen molar-refractivity contribution in [1.29, 1.82) is 0 Å². The number of hydrogen-bond acceptors (Lipinski definition) is 3. The molecule has 6 heteroatoms. The van der Waals surface area contributed by atoms with Crippen molar-refractivity contribution < 1.29 is 4.74 Å². The third-order valence-electron chi connectivity index (χ3n) is 3.11. The van der Waals surface area contributed by atoms with Gasteiger partial charge in [-0.05, 0) is 32.1 Å².